The molecule has 1 aromatic heterocycles. The second-order valence-electron chi connectivity index (χ2n) is 6.06. The van der Waals surface area contributed by atoms with Gasteiger partial charge in [-0.3, -0.25) is 4.79 Å². The maximum atomic E-state index is 12.5. The molecule has 3 nitrogen and oxygen atoms in total. The predicted octanol–water partition coefficient (Wildman–Crippen LogP) is 4.26. The molecular weight excluding hydrogens is 274 g/mol. The van der Waals surface area contributed by atoms with Crippen LogP contribution in [-0.2, 0) is 6.42 Å². The van der Waals surface area contributed by atoms with Gasteiger partial charge in [-0.05, 0) is 50.8 Å². The second-order valence-corrected chi connectivity index (χ2v) is 6.06. The molecular formula is C19H23NO2. The van der Waals surface area contributed by atoms with Crippen LogP contribution in [0.1, 0.15) is 53.1 Å². The number of hydrogen-bond donors (Lipinski definition) is 0. The van der Waals surface area contributed by atoms with E-state index in [1.807, 2.05) is 37.3 Å². The van der Waals surface area contributed by atoms with Crippen LogP contribution in [0.4, 0.5) is 0 Å². The van der Waals surface area contributed by atoms with Crippen LogP contribution < -0.4 is 4.74 Å². The van der Waals surface area contributed by atoms with Gasteiger partial charge in [-0.25, -0.2) is 0 Å². The van der Waals surface area contributed by atoms with E-state index in [4.69, 9.17) is 4.74 Å². The average Bonchev–Trinajstić information content (AvgIpc) is 3.30. The highest BCUT2D eigenvalue weighted by molar-refractivity contribution is 5.98. The summed E-state index contributed by atoms with van der Waals surface area (Å²) >= 11 is 0. The van der Waals surface area contributed by atoms with Crippen LogP contribution in [0.25, 0.3) is 0 Å². The molecule has 1 aliphatic rings. The van der Waals surface area contributed by atoms with Crippen LogP contribution in [0, 0.1) is 13.8 Å². The fraction of sp³-hybridized carbons (Fsp3) is 0.421. The molecule has 0 radical (unpaired) electrons. The van der Waals surface area contributed by atoms with Crippen molar-refractivity contribution in [1.29, 1.82) is 0 Å². The highest BCUT2D eigenvalue weighted by Crippen LogP contribution is 2.38. The summed E-state index contributed by atoms with van der Waals surface area (Å²) in [6.07, 6.45) is 3.36. The van der Waals surface area contributed by atoms with Gasteiger partial charge in [-0.15, -0.1) is 0 Å². The van der Waals surface area contributed by atoms with Crippen molar-refractivity contribution in [3.63, 3.8) is 0 Å². The number of carbonyl (C=O) groups is 1. The molecule has 3 heteroatoms. The van der Waals surface area contributed by atoms with Gasteiger partial charge in [0.15, 0.2) is 6.61 Å². The summed E-state index contributed by atoms with van der Waals surface area (Å²) in [5.74, 6) is 0.875. The number of aryl methyl sites for hydroxylation is 2. The van der Waals surface area contributed by atoms with Crippen LogP contribution in [0.15, 0.2) is 30.3 Å². The van der Waals surface area contributed by atoms with Gasteiger partial charge in [0.2, 0.25) is 5.78 Å². The van der Waals surface area contributed by atoms with Gasteiger partial charge in [0.1, 0.15) is 5.75 Å². The molecule has 22 heavy (non-hydrogen) atoms. The quantitative estimate of drug-likeness (QED) is 0.746. The summed E-state index contributed by atoms with van der Waals surface area (Å²) in [5.41, 5.74) is 4.20. The molecule has 116 valence electrons. The van der Waals surface area contributed by atoms with E-state index in [0.29, 0.717) is 6.04 Å². The molecule has 1 fully saturated rings. The van der Waals surface area contributed by atoms with Crippen LogP contribution in [0.2, 0.25) is 0 Å². The lowest BCUT2D eigenvalue weighted by Gasteiger charge is -2.10. The minimum Gasteiger partial charge on any atom is -0.485 e. The Bertz CT molecular complexity index is 695. The Morgan fingerprint density at radius 3 is 2.68 bits per heavy atom. The lowest BCUT2D eigenvalue weighted by atomic mass is 10.1. The van der Waals surface area contributed by atoms with Crippen molar-refractivity contribution in [2.45, 2.75) is 46.1 Å². The van der Waals surface area contributed by atoms with Gasteiger partial charge in [-0.1, -0.05) is 25.1 Å². The monoisotopic (exact) mass is 297 g/mol. The Kier molecular flexibility index (Phi) is 4.06. The summed E-state index contributed by atoms with van der Waals surface area (Å²) in [6.45, 7) is 6.31. The number of para-hydroxylation sites is 1. The van der Waals surface area contributed by atoms with E-state index in [2.05, 4.69) is 18.4 Å². The number of aromatic nitrogens is 1. The van der Waals surface area contributed by atoms with Gasteiger partial charge >= 0.3 is 0 Å². The van der Waals surface area contributed by atoms with Gasteiger partial charge in [0.05, 0.1) is 0 Å². The first-order valence-corrected chi connectivity index (χ1v) is 8.04. The third-order valence-electron chi connectivity index (χ3n) is 4.41. The third-order valence-corrected chi connectivity index (χ3v) is 4.41. The molecule has 3 rings (SSSR count). The minimum atomic E-state index is 0.0610. The van der Waals surface area contributed by atoms with E-state index in [0.717, 1.165) is 29.0 Å². The Hall–Kier alpha value is -2.03. The van der Waals surface area contributed by atoms with E-state index >= 15 is 0 Å². The predicted molar refractivity (Wildman–Crippen MR) is 87.8 cm³/mol. The first-order chi connectivity index (χ1) is 10.6. The summed E-state index contributed by atoms with van der Waals surface area (Å²) in [5, 5.41) is 0. The topological polar surface area (TPSA) is 31.2 Å². The molecule has 0 spiro atoms. The van der Waals surface area contributed by atoms with Gasteiger partial charge in [0.25, 0.3) is 0 Å². The standard InChI is InChI=1S/C19H23NO2/c1-4-15-7-5-6-8-19(15)22-12-18(21)17-11-13(2)20(14(17)3)16-9-10-16/h5-8,11,16H,4,9-10,12H2,1-3H3. The van der Waals surface area contributed by atoms with E-state index in [1.165, 1.54) is 18.5 Å². The summed E-state index contributed by atoms with van der Waals surface area (Å²) < 4.78 is 8.06. The lowest BCUT2D eigenvalue weighted by Crippen LogP contribution is -2.13. The molecule has 0 N–H and O–H groups in total. The van der Waals surface area contributed by atoms with Crippen LogP contribution >= 0.6 is 0 Å². The summed E-state index contributed by atoms with van der Waals surface area (Å²) in [4.78, 5) is 12.5. The SMILES string of the molecule is CCc1ccccc1OCC(=O)c1cc(C)n(C2CC2)c1C. The number of ketones is 1. The van der Waals surface area contributed by atoms with E-state index in [9.17, 15) is 4.79 Å². The highest BCUT2D eigenvalue weighted by atomic mass is 16.5. The van der Waals surface area contributed by atoms with Crippen LogP contribution in [-0.4, -0.2) is 17.0 Å². The number of Topliss-reactive ketones (excluding diaryl/α,β-unsaturated/α-hetero) is 1. The largest absolute Gasteiger partial charge is 0.485 e. The Morgan fingerprint density at radius 1 is 1.27 bits per heavy atom. The third kappa shape index (κ3) is 2.80. The Balaban J connectivity index is 1.74. The molecule has 1 heterocycles. The second kappa shape index (κ2) is 5.99. The fourth-order valence-electron chi connectivity index (χ4n) is 3.11. The first kappa shape index (κ1) is 14.9. The molecule has 1 saturated carbocycles. The van der Waals surface area contributed by atoms with Crippen molar-refractivity contribution in [2.24, 2.45) is 0 Å². The highest BCUT2D eigenvalue weighted by Gasteiger charge is 2.28. The lowest BCUT2D eigenvalue weighted by molar-refractivity contribution is 0.0920. The van der Waals surface area contributed by atoms with E-state index < -0.39 is 0 Å². The Morgan fingerprint density at radius 2 is 2.00 bits per heavy atom. The molecule has 0 saturated heterocycles. The molecule has 1 aliphatic carbocycles. The minimum absolute atomic E-state index is 0.0610. The number of benzene rings is 1. The van der Waals surface area contributed by atoms with E-state index in [-0.39, 0.29) is 12.4 Å². The van der Waals surface area contributed by atoms with Gasteiger partial charge in [-0.2, -0.15) is 0 Å². The van der Waals surface area contributed by atoms with Gasteiger partial charge in [0, 0.05) is 23.0 Å². The van der Waals surface area contributed by atoms with Crippen LogP contribution in [0.5, 0.6) is 5.75 Å². The smallest absolute Gasteiger partial charge is 0.202 e. The fourth-order valence-corrected chi connectivity index (χ4v) is 3.11. The van der Waals surface area contributed by atoms with Crippen molar-refractivity contribution < 1.29 is 9.53 Å². The van der Waals surface area contributed by atoms with Gasteiger partial charge < -0.3 is 9.30 Å². The number of hydrogen-bond acceptors (Lipinski definition) is 2. The zero-order chi connectivity index (χ0) is 15.7. The molecule has 1 aromatic carbocycles. The maximum Gasteiger partial charge on any atom is 0.202 e. The number of carbonyl (C=O) groups excluding carboxylic acids is 1. The normalized spacial score (nSPS) is 14.1. The number of nitrogens with zero attached hydrogens (tertiary/aromatic N) is 1. The Labute approximate surface area is 131 Å². The molecule has 0 bridgehead atoms. The molecule has 2 aromatic rings. The van der Waals surface area contributed by atoms with Crippen LogP contribution in [0.3, 0.4) is 0 Å². The summed E-state index contributed by atoms with van der Waals surface area (Å²) in [7, 11) is 0. The molecule has 0 atom stereocenters. The van der Waals surface area contributed by atoms with Crippen molar-refractivity contribution in [3.8, 4) is 5.75 Å². The zero-order valence-electron chi connectivity index (χ0n) is 13.6. The molecule has 0 amide bonds. The van der Waals surface area contributed by atoms with E-state index in [1.54, 1.807) is 0 Å². The maximum absolute atomic E-state index is 12.5. The molecule has 0 aliphatic heterocycles. The first-order valence-electron chi connectivity index (χ1n) is 8.04. The average molecular weight is 297 g/mol. The summed E-state index contributed by atoms with van der Waals surface area (Å²) in [6, 6.07) is 10.5. The van der Waals surface area contributed by atoms with Crippen molar-refractivity contribution >= 4 is 5.78 Å². The van der Waals surface area contributed by atoms with Crippen molar-refractivity contribution in [3.05, 3.63) is 52.8 Å². The van der Waals surface area contributed by atoms with Crippen molar-refractivity contribution in [2.75, 3.05) is 6.61 Å². The number of rotatable bonds is 6. The molecule has 0 unspecified atom stereocenters. The van der Waals surface area contributed by atoms with Crippen molar-refractivity contribution in [1.82, 2.24) is 4.57 Å². The zero-order valence-corrected chi connectivity index (χ0v) is 13.6. The number of ether oxygens (including phenoxy) is 1.